The lowest BCUT2D eigenvalue weighted by atomic mass is 9.83. The number of para-hydroxylation sites is 1. The van der Waals surface area contributed by atoms with Gasteiger partial charge in [0, 0.05) is 12.5 Å². The maximum atomic E-state index is 12.5. The smallest absolute Gasteiger partial charge is 0.255 e. The molecule has 0 radical (unpaired) electrons. The van der Waals surface area contributed by atoms with Gasteiger partial charge in [0.15, 0.2) is 0 Å². The Morgan fingerprint density at radius 3 is 2.83 bits per heavy atom. The van der Waals surface area contributed by atoms with E-state index in [2.05, 4.69) is 29.6 Å². The fourth-order valence-electron chi connectivity index (χ4n) is 3.31. The summed E-state index contributed by atoms with van der Waals surface area (Å²) in [6, 6.07) is 16.0. The maximum absolute atomic E-state index is 12.5. The van der Waals surface area contributed by atoms with Crippen LogP contribution in [0.25, 0.3) is 0 Å². The van der Waals surface area contributed by atoms with Crippen LogP contribution in [0.1, 0.15) is 47.2 Å². The molecule has 1 atom stereocenters. The van der Waals surface area contributed by atoms with Gasteiger partial charge < -0.3 is 10.1 Å². The number of benzene rings is 2. The molecule has 3 heteroatoms. The van der Waals surface area contributed by atoms with Crippen LogP contribution >= 0.6 is 0 Å². The van der Waals surface area contributed by atoms with E-state index in [9.17, 15) is 4.79 Å². The van der Waals surface area contributed by atoms with Crippen LogP contribution in [0.3, 0.4) is 0 Å². The molecule has 1 aliphatic rings. The van der Waals surface area contributed by atoms with Gasteiger partial charge in [-0.3, -0.25) is 4.79 Å². The molecule has 3 rings (SSSR count). The first-order valence-electron chi connectivity index (χ1n) is 8.37. The summed E-state index contributed by atoms with van der Waals surface area (Å²) in [4.78, 5) is 12.5. The summed E-state index contributed by atoms with van der Waals surface area (Å²) in [6.07, 6.45) is 3.46. The number of rotatable bonds is 5. The molecule has 120 valence electrons. The first-order valence-corrected chi connectivity index (χ1v) is 8.37. The number of amides is 1. The van der Waals surface area contributed by atoms with Crippen LogP contribution in [0.2, 0.25) is 0 Å². The van der Waals surface area contributed by atoms with Gasteiger partial charge in [-0.25, -0.2) is 0 Å². The third-order valence-electron chi connectivity index (χ3n) is 4.43. The molecule has 2 aromatic carbocycles. The standard InChI is InChI=1S/C20H23NO2/c1-2-23-19-13-6-5-12-18(19)20(22)21-14-16-10-7-9-15-8-3-4-11-17(15)16/h3-6,8,11-13,16H,2,7,9-10,14H2,1H3,(H,21,22). The average molecular weight is 309 g/mol. The molecule has 0 fully saturated rings. The highest BCUT2D eigenvalue weighted by atomic mass is 16.5. The lowest BCUT2D eigenvalue weighted by Crippen LogP contribution is -2.30. The summed E-state index contributed by atoms with van der Waals surface area (Å²) in [7, 11) is 0. The van der Waals surface area contributed by atoms with Gasteiger partial charge in [0.2, 0.25) is 0 Å². The van der Waals surface area contributed by atoms with Crippen molar-refractivity contribution >= 4 is 5.91 Å². The molecule has 0 aromatic heterocycles. The Bertz CT molecular complexity index is 681. The number of ether oxygens (including phenoxy) is 1. The van der Waals surface area contributed by atoms with Crippen molar-refractivity contribution in [2.75, 3.05) is 13.2 Å². The lowest BCUT2D eigenvalue weighted by molar-refractivity contribution is 0.0946. The summed E-state index contributed by atoms with van der Waals surface area (Å²) in [5.74, 6) is 0.997. The van der Waals surface area contributed by atoms with E-state index in [1.165, 1.54) is 17.5 Å². The lowest BCUT2D eigenvalue weighted by Gasteiger charge is -2.25. The Kier molecular flexibility index (Phi) is 4.96. The minimum Gasteiger partial charge on any atom is -0.493 e. The Labute approximate surface area is 137 Å². The van der Waals surface area contributed by atoms with Crippen molar-refractivity contribution in [3.63, 3.8) is 0 Å². The number of hydrogen-bond donors (Lipinski definition) is 1. The third kappa shape index (κ3) is 3.55. The Balaban J connectivity index is 1.69. The predicted molar refractivity (Wildman–Crippen MR) is 92.1 cm³/mol. The van der Waals surface area contributed by atoms with Gasteiger partial charge in [-0.05, 0) is 49.4 Å². The van der Waals surface area contributed by atoms with Crippen molar-refractivity contribution in [1.29, 1.82) is 0 Å². The number of fused-ring (bicyclic) bond motifs is 1. The fourth-order valence-corrected chi connectivity index (χ4v) is 3.31. The molecule has 23 heavy (non-hydrogen) atoms. The summed E-state index contributed by atoms with van der Waals surface area (Å²) in [5, 5.41) is 3.09. The molecule has 3 nitrogen and oxygen atoms in total. The first-order chi connectivity index (χ1) is 11.3. The molecule has 1 N–H and O–H groups in total. The van der Waals surface area contributed by atoms with Crippen molar-refractivity contribution in [1.82, 2.24) is 5.32 Å². The van der Waals surface area contributed by atoms with Crippen LogP contribution in [0, 0.1) is 0 Å². The van der Waals surface area contributed by atoms with Gasteiger partial charge in [0.1, 0.15) is 5.75 Å². The van der Waals surface area contributed by atoms with E-state index in [4.69, 9.17) is 4.74 Å². The zero-order valence-electron chi connectivity index (χ0n) is 13.5. The second kappa shape index (κ2) is 7.32. The Hall–Kier alpha value is -2.29. The molecule has 1 unspecified atom stereocenters. The monoisotopic (exact) mass is 309 g/mol. The van der Waals surface area contributed by atoms with Gasteiger partial charge in [-0.1, -0.05) is 36.4 Å². The quantitative estimate of drug-likeness (QED) is 0.908. The van der Waals surface area contributed by atoms with Crippen LogP contribution in [-0.2, 0) is 6.42 Å². The molecule has 0 bridgehead atoms. The highest BCUT2D eigenvalue weighted by Crippen LogP contribution is 2.31. The molecular weight excluding hydrogens is 286 g/mol. The number of nitrogens with one attached hydrogen (secondary N) is 1. The SMILES string of the molecule is CCOc1ccccc1C(=O)NCC1CCCc2ccccc21. The Morgan fingerprint density at radius 2 is 1.96 bits per heavy atom. The highest BCUT2D eigenvalue weighted by Gasteiger charge is 2.21. The molecule has 2 aromatic rings. The van der Waals surface area contributed by atoms with E-state index in [1.807, 2.05) is 31.2 Å². The molecule has 1 aliphatic carbocycles. The van der Waals surface area contributed by atoms with E-state index >= 15 is 0 Å². The van der Waals surface area contributed by atoms with E-state index in [1.54, 1.807) is 0 Å². The normalized spacial score (nSPS) is 16.5. The van der Waals surface area contributed by atoms with E-state index < -0.39 is 0 Å². The van der Waals surface area contributed by atoms with Crippen LogP contribution in [0.4, 0.5) is 0 Å². The molecule has 1 amide bonds. The largest absolute Gasteiger partial charge is 0.493 e. The highest BCUT2D eigenvalue weighted by molar-refractivity contribution is 5.96. The van der Waals surface area contributed by atoms with Crippen molar-refractivity contribution < 1.29 is 9.53 Å². The van der Waals surface area contributed by atoms with E-state index in [0.717, 1.165) is 12.8 Å². The van der Waals surface area contributed by atoms with E-state index in [-0.39, 0.29) is 5.91 Å². The summed E-state index contributed by atoms with van der Waals surface area (Å²) >= 11 is 0. The van der Waals surface area contributed by atoms with Gasteiger partial charge in [0.05, 0.1) is 12.2 Å². The van der Waals surface area contributed by atoms with Gasteiger partial charge in [0.25, 0.3) is 5.91 Å². The predicted octanol–water partition coefficient (Wildman–Crippen LogP) is 3.94. The van der Waals surface area contributed by atoms with Gasteiger partial charge >= 0.3 is 0 Å². The van der Waals surface area contributed by atoms with Gasteiger partial charge in [-0.2, -0.15) is 0 Å². The minimum absolute atomic E-state index is 0.0582. The second-order valence-corrected chi connectivity index (χ2v) is 5.93. The van der Waals surface area contributed by atoms with E-state index in [0.29, 0.717) is 30.4 Å². The number of carbonyl (C=O) groups excluding carboxylic acids is 1. The maximum Gasteiger partial charge on any atom is 0.255 e. The van der Waals surface area contributed by atoms with Crippen molar-refractivity contribution in [2.24, 2.45) is 0 Å². The second-order valence-electron chi connectivity index (χ2n) is 5.93. The number of aryl methyl sites for hydroxylation is 1. The van der Waals surface area contributed by atoms with Crippen LogP contribution in [0.5, 0.6) is 5.75 Å². The number of carbonyl (C=O) groups is 1. The van der Waals surface area contributed by atoms with Crippen molar-refractivity contribution in [3.8, 4) is 5.75 Å². The van der Waals surface area contributed by atoms with Crippen LogP contribution in [-0.4, -0.2) is 19.1 Å². The van der Waals surface area contributed by atoms with Crippen LogP contribution < -0.4 is 10.1 Å². The molecule has 0 spiro atoms. The molecule has 0 heterocycles. The van der Waals surface area contributed by atoms with Gasteiger partial charge in [-0.15, -0.1) is 0 Å². The summed E-state index contributed by atoms with van der Waals surface area (Å²) in [5.41, 5.74) is 3.42. The summed E-state index contributed by atoms with van der Waals surface area (Å²) in [6.45, 7) is 3.16. The molecule has 0 saturated carbocycles. The fraction of sp³-hybridized carbons (Fsp3) is 0.350. The first kappa shape index (κ1) is 15.6. The zero-order chi connectivity index (χ0) is 16.1. The van der Waals surface area contributed by atoms with Crippen LogP contribution in [0.15, 0.2) is 48.5 Å². The molecule has 0 aliphatic heterocycles. The average Bonchev–Trinajstić information content (AvgIpc) is 2.60. The number of hydrogen-bond acceptors (Lipinski definition) is 2. The van der Waals surface area contributed by atoms with Crippen molar-refractivity contribution in [3.05, 3.63) is 65.2 Å². The zero-order valence-corrected chi connectivity index (χ0v) is 13.5. The molecule has 0 saturated heterocycles. The third-order valence-corrected chi connectivity index (χ3v) is 4.43. The summed E-state index contributed by atoms with van der Waals surface area (Å²) < 4.78 is 5.55. The topological polar surface area (TPSA) is 38.3 Å². The Morgan fingerprint density at radius 1 is 1.17 bits per heavy atom. The molecular formula is C20H23NO2. The minimum atomic E-state index is -0.0582. The van der Waals surface area contributed by atoms with Crippen molar-refractivity contribution in [2.45, 2.75) is 32.1 Å².